The molecule has 1 saturated heterocycles. The molecule has 2 atom stereocenters. The van der Waals surface area contributed by atoms with Crippen molar-refractivity contribution in [3.8, 4) is 5.75 Å². The fourth-order valence-corrected chi connectivity index (χ4v) is 6.76. The molecule has 1 fully saturated rings. The summed E-state index contributed by atoms with van der Waals surface area (Å²) in [6.45, 7) is 2.37. The van der Waals surface area contributed by atoms with E-state index in [0.717, 1.165) is 29.8 Å². The lowest BCUT2D eigenvalue weighted by Crippen LogP contribution is -2.58. The van der Waals surface area contributed by atoms with Gasteiger partial charge in [-0.15, -0.1) is 24.2 Å². The van der Waals surface area contributed by atoms with Crippen LogP contribution < -0.4 is 10.4 Å². The van der Waals surface area contributed by atoms with Crippen LogP contribution in [0.3, 0.4) is 0 Å². The highest BCUT2D eigenvalue weighted by Gasteiger charge is 2.42. The number of halogens is 1. The summed E-state index contributed by atoms with van der Waals surface area (Å²) in [5.74, 6) is -0.0323. The maximum absolute atomic E-state index is 13.7. The Hall–Kier alpha value is -2.98. The van der Waals surface area contributed by atoms with Gasteiger partial charge in [0.25, 0.3) is 5.91 Å². The van der Waals surface area contributed by atoms with Crippen LogP contribution in [0.5, 0.6) is 5.75 Å². The number of hydrogen-bond donors (Lipinski definition) is 2. The average molecular weight is 541 g/mol. The number of aliphatic hydroxyl groups is 1. The lowest BCUT2D eigenvalue weighted by molar-refractivity contribution is 0.0592. The molecule has 1 amide bonds. The van der Waals surface area contributed by atoms with Crippen molar-refractivity contribution in [2.45, 2.75) is 29.2 Å². The van der Waals surface area contributed by atoms with Crippen LogP contribution in [0.15, 0.2) is 70.5 Å². The van der Waals surface area contributed by atoms with Crippen LogP contribution >= 0.6 is 24.2 Å². The topological polar surface area (TPSA) is 89.2 Å². The molecule has 3 aliphatic heterocycles. The van der Waals surface area contributed by atoms with Gasteiger partial charge in [0, 0.05) is 48.6 Å². The number of β-amino-alcohol motifs (C(OH)–C–C–N with tert-alkyl or cyclic N) is 1. The average Bonchev–Trinajstić information content (AvgIpc) is 3.28. The van der Waals surface area contributed by atoms with E-state index < -0.39 is 11.2 Å². The molecule has 8 nitrogen and oxygen atoms in total. The molecule has 2 aromatic carbocycles. The van der Waals surface area contributed by atoms with Crippen molar-refractivity contribution in [2.75, 3.05) is 37.9 Å². The SMILES string of the molecule is Cl.O=C1c2c(O)c(=O)ccn2N(C2c3ccccc3CSc3ccccc32)CN1[C@@H]1CCN(CCO)C1. The molecule has 3 aliphatic rings. The third-order valence-electron chi connectivity index (χ3n) is 7.44. The van der Waals surface area contributed by atoms with Gasteiger partial charge >= 0.3 is 0 Å². The number of pyridine rings is 1. The van der Waals surface area contributed by atoms with Crippen LogP contribution in [-0.2, 0) is 5.75 Å². The summed E-state index contributed by atoms with van der Waals surface area (Å²) < 4.78 is 1.67. The first-order valence-electron chi connectivity index (χ1n) is 12.2. The first kappa shape index (κ1) is 25.7. The number of carbonyl (C=O) groups excluding carboxylic acids is 1. The van der Waals surface area contributed by atoms with Gasteiger partial charge < -0.3 is 15.1 Å². The van der Waals surface area contributed by atoms with Gasteiger partial charge in [0.05, 0.1) is 12.6 Å². The molecule has 1 unspecified atom stereocenters. The molecule has 3 aromatic rings. The standard InChI is InChI=1S/C27H28N4O4S.ClH/c32-14-13-28-11-9-19(15-28)29-17-31(30-12-10-22(33)26(34)25(30)27(29)35)24-20-6-2-1-5-18(20)16-36-23-8-4-3-7-21(23)24;/h1-8,10,12,19,24,32,34H,9,11,13-17H2;1H/t19-,24?;/m1./s1. The number of carbonyl (C=O) groups is 1. The highest BCUT2D eigenvalue weighted by molar-refractivity contribution is 7.98. The number of rotatable bonds is 4. The fraction of sp³-hybridized carbons (Fsp3) is 0.333. The molecule has 6 rings (SSSR count). The predicted octanol–water partition coefficient (Wildman–Crippen LogP) is 2.79. The number of aromatic hydroxyl groups is 1. The van der Waals surface area contributed by atoms with Crippen molar-refractivity contribution < 1.29 is 15.0 Å². The molecule has 2 N–H and O–H groups in total. The Kier molecular flexibility index (Phi) is 7.22. The molecule has 37 heavy (non-hydrogen) atoms. The normalized spacial score (nSPS) is 21.1. The summed E-state index contributed by atoms with van der Waals surface area (Å²) in [4.78, 5) is 31.3. The van der Waals surface area contributed by atoms with Crippen molar-refractivity contribution in [1.82, 2.24) is 14.5 Å². The van der Waals surface area contributed by atoms with E-state index in [1.165, 1.54) is 16.5 Å². The van der Waals surface area contributed by atoms with E-state index >= 15 is 0 Å². The minimum Gasteiger partial charge on any atom is -0.502 e. The van der Waals surface area contributed by atoms with Gasteiger partial charge in [0.2, 0.25) is 5.43 Å². The Morgan fingerprint density at radius 1 is 1.00 bits per heavy atom. The molecular weight excluding hydrogens is 512 g/mol. The Bertz CT molecular complexity index is 1340. The van der Waals surface area contributed by atoms with Gasteiger partial charge in [0.15, 0.2) is 11.4 Å². The van der Waals surface area contributed by atoms with Gasteiger partial charge in [-0.2, -0.15) is 0 Å². The van der Waals surface area contributed by atoms with Gasteiger partial charge in [-0.3, -0.25) is 24.2 Å². The first-order valence-corrected chi connectivity index (χ1v) is 13.2. The van der Waals surface area contributed by atoms with Crippen molar-refractivity contribution in [3.63, 3.8) is 0 Å². The zero-order chi connectivity index (χ0) is 24.8. The van der Waals surface area contributed by atoms with Gasteiger partial charge in [-0.1, -0.05) is 42.5 Å². The molecule has 0 spiro atoms. The summed E-state index contributed by atoms with van der Waals surface area (Å²) in [6.07, 6.45) is 2.37. The van der Waals surface area contributed by atoms with E-state index in [2.05, 4.69) is 34.2 Å². The quantitative estimate of drug-likeness (QED) is 0.526. The van der Waals surface area contributed by atoms with E-state index in [-0.39, 0.29) is 42.7 Å². The maximum atomic E-state index is 13.7. The highest BCUT2D eigenvalue weighted by atomic mass is 35.5. The lowest BCUT2D eigenvalue weighted by Gasteiger charge is -2.46. The van der Waals surface area contributed by atoms with Crippen molar-refractivity contribution in [3.05, 3.63) is 93.4 Å². The molecule has 0 radical (unpaired) electrons. The molecule has 4 heterocycles. The predicted molar refractivity (Wildman–Crippen MR) is 145 cm³/mol. The summed E-state index contributed by atoms with van der Waals surface area (Å²) in [5.41, 5.74) is 2.91. The lowest BCUT2D eigenvalue weighted by atomic mass is 9.94. The largest absolute Gasteiger partial charge is 0.502 e. The number of aliphatic hydroxyl groups excluding tert-OH is 1. The fourth-order valence-electron chi connectivity index (χ4n) is 5.67. The Labute approximate surface area is 225 Å². The summed E-state index contributed by atoms with van der Waals surface area (Å²) in [7, 11) is 0. The summed E-state index contributed by atoms with van der Waals surface area (Å²) in [6, 6.07) is 17.7. The van der Waals surface area contributed by atoms with Gasteiger partial charge in [-0.05, 0) is 29.2 Å². The number of hydrogen-bond acceptors (Lipinski definition) is 7. The number of aromatic nitrogens is 1. The Balaban J connectivity index is 0.00000280. The van der Waals surface area contributed by atoms with Crippen LogP contribution in [0.25, 0.3) is 0 Å². The number of likely N-dealkylation sites (tertiary alicyclic amines) is 1. The molecular formula is C27H29ClN4O4S. The third-order valence-corrected chi connectivity index (χ3v) is 8.58. The van der Waals surface area contributed by atoms with E-state index in [4.69, 9.17) is 0 Å². The maximum Gasteiger partial charge on any atom is 0.278 e. The van der Waals surface area contributed by atoms with Gasteiger partial charge in [-0.25, -0.2) is 0 Å². The summed E-state index contributed by atoms with van der Waals surface area (Å²) >= 11 is 1.79. The van der Waals surface area contributed by atoms with Crippen molar-refractivity contribution >= 4 is 30.1 Å². The van der Waals surface area contributed by atoms with Crippen LogP contribution in [0.1, 0.15) is 39.6 Å². The second kappa shape index (κ2) is 10.4. The van der Waals surface area contributed by atoms with Crippen LogP contribution in [0.2, 0.25) is 0 Å². The van der Waals surface area contributed by atoms with Gasteiger partial charge in [0.1, 0.15) is 6.67 Å². The minimum absolute atomic E-state index is 0. The Morgan fingerprint density at radius 2 is 1.76 bits per heavy atom. The van der Waals surface area contributed by atoms with E-state index in [9.17, 15) is 19.8 Å². The molecule has 1 aromatic heterocycles. The van der Waals surface area contributed by atoms with Crippen LogP contribution in [0.4, 0.5) is 0 Å². The van der Waals surface area contributed by atoms with Crippen molar-refractivity contribution in [1.29, 1.82) is 0 Å². The van der Waals surface area contributed by atoms with Crippen LogP contribution in [0, 0.1) is 0 Å². The third kappa shape index (κ3) is 4.40. The second-order valence-electron chi connectivity index (χ2n) is 9.47. The molecule has 0 bridgehead atoms. The monoisotopic (exact) mass is 540 g/mol. The number of thioether (sulfide) groups is 1. The second-order valence-corrected chi connectivity index (χ2v) is 10.5. The highest BCUT2D eigenvalue weighted by Crippen LogP contribution is 2.43. The molecule has 0 aliphatic carbocycles. The minimum atomic E-state index is -0.568. The molecule has 194 valence electrons. The smallest absolute Gasteiger partial charge is 0.278 e. The molecule has 10 heteroatoms. The zero-order valence-electron chi connectivity index (χ0n) is 20.2. The zero-order valence-corrected chi connectivity index (χ0v) is 21.8. The molecule has 0 saturated carbocycles. The number of benzene rings is 2. The van der Waals surface area contributed by atoms with E-state index in [0.29, 0.717) is 19.8 Å². The summed E-state index contributed by atoms with van der Waals surface area (Å²) in [5, 5.41) is 22.3. The first-order chi connectivity index (χ1) is 17.6. The van der Waals surface area contributed by atoms with E-state index in [1.807, 2.05) is 24.3 Å². The Morgan fingerprint density at radius 3 is 2.57 bits per heavy atom. The van der Waals surface area contributed by atoms with E-state index in [1.54, 1.807) is 27.5 Å². The number of nitrogens with zero attached hydrogens (tertiary/aromatic N) is 4. The number of fused-ring (bicyclic) bond motifs is 3. The van der Waals surface area contributed by atoms with Crippen molar-refractivity contribution in [2.24, 2.45) is 0 Å². The number of amides is 1. The van der Waals surface area contributed by atoms with Crippen LogP contribution in [-0.4, -0.2) is 69.5 Å².